The van der Waals surface area contributed by atoms with Crippen LogP contribution in [0.2, 0.25) is 0 Å². The summed E-state index contributed by atoms with van der Waals surface area (Å²) in [5.41, 5.74) is 8.35. The molecule has 1 aromatic carbocycles. The summed E-state index contributed by atoms with van der Waals surface area (Å²) in [6.45, 7) is 0. The van der Waals surface area contributed by atoms with Gasteiger partial charge in [-0.15, -0.1) is 11.3 Å². The topological polar surface area (TPSA) is 63.3 Å². The molecule has 3 nitrogen and oxygen atoms in total. The molecule has 0 aliphatic heterocycles. The molecule has 0 unspecified atom stereocenters. The Morgan fingerprint density at radius 2 is 2.12 bits per heavy atom. The molecule has 2 aromatic rings. The van der Waals surface area contributed by atoms with Gasteiger partial charge >= 0.3 is 5.97 Å². The van der Waals surface area contributed by atoms with E-state index in [1.807, 2.05) is 35.7 Å². The standard InChI is InChI=1S/C12H11NO2S/c13-10-4-2-1-3-9(10)11-5-8(7-16-11)6-12(14)15/h1-5,7H,6,13H2,(H,14,15). The average molecular weight is 233 g/mol. The lowest BCUT2D eigenvalue weighted by molar-refractivity contribution is -0.136. The highest BCUT2D eigenvalue weighted by Crippen LogP contribution is 2.31. The first-order valence-corrected chi connectivity index (χ1v) is 5.69. The minimum Gasteiger partial charge on any atom is -0.481 e. The number of benzene rings is 1. The highest BCUT2D eigenvalue weighted by atomic mass is 32.1. The van der Waals surface area contributed by atoms with E-state index in [1.165, 1.54) is 11.3 Å². The molecular weight excluding hydrogens is 222 g/mol. The summed E-state index contributed by atoms with van der Waals surface area (Å²) < 4.78 is 0. The van der Waals surface area contributed by atoms with Gasteiger partial charge in [-0.2, -0.15) is 0 Å². The van der Waals surface area contributed by atoms with Gasteiger partial charge in [0.1, 0.15) is 0 Å². The van der Waals surface area contributed by atoms with E-state index in [-0.39, 0.29) is 6.42 Å². The van der Waals surface area contributed by atoms with Crippen LogP contribution in [0.3, 0.4) is 0 Å². The van der Waals surface area contributed by atoms with E-state index < -0.39 is 5.97 Å². The molecule has 82 valence electrons. The van der Waals surface area contributed by atoms with E-state index in [0.717, 1.165) is 16.0 Å². The number of hydrogen-bond acceptors (Lipinski definition) is 3. The van der Waals surface area contributed by atoms with Gasteiger partial charge in [0.25, 0.3) is 0 Å². The van der Waals surface area contributed by atoms with E-state index in [9.17, 15) is 4.79 Å². The zero-order valence-electron chi connectivity index (χ0n) is 8.51. The summed E-state index contributed by atoms with van der Waals surface area (Å²) >= 11 is 1.52. The molecule has 16 heavy (non-hydrogen) atoms. The normalized spacial score (nSPS) is 10.2. The third-order valence-corrected chi connectivity index (χ3v) is 3.25. The number of carboxylic acids is 1. The van der Waals surface area contributed by atoms with Crippen molar-refractivity contribution >= 4 is 23.0 Å². The predicted octanol–water partition coefficient (Wildman–Crippen LogP) is 2.62. The highest BCUT2D eigenvalue weighted by Gasteiger charge is 2.07. The zero-order valence-corrected chi connectivity index (χ0v) is 9.33. The molecule has 1 heterocycles. The first-order chi connectivity index (χ1) is 7.66. The van der Waals surface area contributed by atoms with Crippen LogP contribution in [0.5, 0.6) is 0 Å². The molecule has 0 saturated carbocycles. The lowest BCUT2D eigenvalue weighted by Crippen LogP contribution is -1.97. The second kappa shape index (κ2) is 4.37. The van der Waals surface area contributed by atoms with E-state index >= 15 is 0 Å². The highest BCUT2D eigenvalue weighted by molar-refractivity contribution is 7.13. The second-order valence-electron chi connectivity index (χ2n) is 3.48. The number of carbonyl (C=O) groups is 1. The summed E-state index contributed by atoms with van der Waals surface area (Å²) in [5, 5.41) is 10.5. The van der Waals surface area contributed by atoms with Crippen LogP contribution in [0.15, 0.2) is 35.7 Å². The number of nitrogens with two attached hydrogens (primary N) is 1. The van der Waals surface area contributed by atoms with Gasteiger partial charge in [-0.25, -0.2) is 0 Å². The van der Waals surface area contributed by atoms with Crippen molar-refractivity contribution in [3.8, 4) is 10.4 Å². The maximum Gasteiger partial charge on any atom is 0.307 e. The van der Waals surface area contributed by atoms with Crippen LogP contribution >= 0.6 is 11.3 Å². The Morgan fingerprint density at radius 1 is 1.38 bits per heavy atom. The summed E-state index contributed by atoms with van der Waals surface area (Å²) in [5.74, 6) is -0.814. The number of anilines is 1. The quantitative estimate of drug-likeness (QED) is 0.801. The largest absolute Gasteiger partial charge is 0.481 e. The van der Waals surface area contributed by atoms with E-state index in [1.54, 1.807) is 0 Å². The molecule has 0 spiro atoms. The molecule has 0 atom stereocenters. The molecule has 0 bridgehead atoms. The number of carboxylic acid groups (broad SMARTS) is 1. The SMILES string of the molecule is Nc1ccccc1-c1cc(CC(=O)O)cs1. The molecule has 1 aromatic heterocycles. The fourth-order valence-corrected chi connectivity index (χ4v) is 2.47. The first kappa shape index (κ1) is 10.7. The van der Waals surface area contributed by atoms with Gasteiger partial charge in [0.15, 0.2) is 0 Å². The van der Waals surface area contributed by atoms with Crippen molar-refractivity contribution in [3.05, 3.63) is 41.3 Å². The van der Waals surface area contributed by atoms with Gasteiger partial charge in [0.05, 0.1) is 6.42 Å². The van der Waals surface area contributed by atoms with Gasteiger partial charge in [-0.05, 0) is 23.1 Å². The van der Waals surface area contributed by atoms with Crippen LogP contribution in [0, 0.1) is 0 Å². The Labute approximate surface area is 97.2 Å². The first-order valence-electron chi connectivity index (χ1n) is 4.81. The molecular formula is C12H11NO2S. The Morgan fingerprint density at radius 3 is 2.81 bits per heavy atom. The van der Waals surface area contributed by atoms with Crippen molar-refractivity contribution in [3.63, 3.8) is 0 Å². The fraction of sp³-hybridized carbons (Fsp3) is 0.0833. The van der Waals surface area contributed by atoms with Crippen LogP contribution in [0.25, 0.3) is 10.4 Å². The van der Waals surface area contributed by atoms with Crippen LogP contribution < -0.4 is 5.73 Å². The van der Waals surface area contributed by atoms with Gasteiger partial charge in [0, 0.05) is 16.1 Å². The molecule has 3 N–H and O–H groups in total. The summed E-state index contributed by atoms with van der Waals surface area (Å²) in [7, 11) is 0. The van der Waals surface area contributed by atoms with Crippen LogP contribution in [0.1, 0.15) is 5.56 Å². The monoisotopic (exact) mass is 233 g/mol. The lowest BCUT2D eigenvalue weighted by atomic mass is 10.1. The van der Waals surface area contributed by atoms with Gasteiger partial charge in [0.2, 0.25) is 0 Å². The van der Waals surface area contributed by atoms with E-state index in [2.05, 4.69) is 0 Å². The summed E-state index contributed by atoms with van der Waals surface area (Å²) in [6, 6.07) is 9.45. The van der Waals surface area contributed by atoms with Crippen molar-refractivity contribution in [2.75, 3.05) is 5.73 Å². The molecule has 0 aliphatic carbocycles. The number of rotatable bonds is 3. The van der Waals surface area contributed by atoms with Crippen molar-refractivity contribution in [2.24, 2.45) is 0 Å². The minimum atomic E-state index is -0.814. The lowest BCUT2D eigenvalue weighted by Gasteiger charge is -2.00. The van der Waals surface area contributed by atoms with Crippen LogP contribution in [-0.2, 0) is 11.2 Å². The smallest absolute Gasteiger partial charge is 0.307 e. The molecule has 0 amide bonds. The maximum absolute atomic E-state index is 10.6. The van der Waals surface area contributed by atoms with Crippen molar-refractivity contribution < 1.29 is 9.90 Å². The van der Waals surface area contributed by atoms with Crippen molar-refractivity contribution in [2.45, 2.75) is 6.42 Å². The minimum absolute atomic E-state index is 0.0588. The van der Waals surface area contributed by atoms with Gasteiger partial charge < -0.3 is 10.8 Å². The summed E-state index contributed by atoms with van der Waals surface area (Å²) in [6.07, 6.45) is 0.0588. The Balaban J connectivity index is 2.32. The molecule has 4 heteroatoms. The number of nitrogen functional groups attached to an aromatic ring is 1. The third kappa shape index (κ3) is 2.23. The second-order valence-corrected chi connectivity index (χ2v) is 4.39. The average Bonchev–Trinajstić information content (AvgIpc) is 2.66. The van der Waals surface area contributed by atoms with Gasteiger partial charge in [-0.3, -0.25) is 4.79 Å². The molecule has 0 radical (unpaired) electrons. The molecule has 0 saturated heterocycles. The number of thiophene rings is 1. The van der Waals surface area contributed by atoms with Crippen LogP contribution in [0.4, 0.5) is 5.69 Å². The Hall–Kier alpha value is -1.81. The number of para-hydroxylation sites is 1. The summed E-state index contributed by atoms with van der Waals surface area (Å²) in [4.78, 5) is 11.6. The van der Waals surface area contributed by atoms with E-state index in [4.69, 9.17) is 10.8 Å². The number of hydrogen-bond donors (Lipinski definition) is 2. The molecule has 2 rings (SSSR count). The van der Waals surface area contributed by atoms with Crippen molar-refractivity contribution in [1.82, 2.24) is 0 Å². The Kier molecular flexibility index (Phi) is 2.92. The third-order valence-electron chi connectivity index (χ3n) is 2.24. The maximum atomic E-state index is 10.6. The zero-order chi connectivity index (χ0) is 11.5. The molecule has 0 aliphatic rings. The van der Waals surface area contributed by atoms with Crippen molar-refractivity contribution in [1.29, 1.82) is 0 Å². The van der Waals surface area contributed by atoms with Crippen LogP contribution in [-0.4, -0.2) is 11.1 Å². The molecule has 0 fully saturated rings. The predicted molar refractivity (Wildman–Crippen MR) is 65.5 cm³/mol. The van der Waals surface area contributed by atoms with Gasteiger partial charge in [-0.1, -0.05) is 18.2 Å². The fourth-order valence-electron chi connectivity index (χ4n) is 1.51. The number of aliphatic carboxylic acids is 1. The van der Waals surface area contributed by atoms with E-state index in [0.29, 0.717) is 5.69 Å². The Bertz CT molecular complexity index is 519.